The van der Waals surface area contributed by atoms with Crippen LogP contribution in [0.4, 0.5) is 4.39 Å². The van der Waals surface area contributed by atoms with Gasteiger partial charge in [-0.15, -0.1) is 0 Å². The van der Waals surface area contributed by atoms with E-state index in [0.717, 1.165) is 19.3 Å². The van der Waals surface area contributed by atoms with Crippen molar-refractivity contribution < 1.29 is 9.50 Å². The summed E-state index contributed by atoms with van der Waals surface area (Å²) in [5, 5.41) is 10.9. The average Bonchev–Trinajstić information content (AvgIpc) is 1.90. The van der Waals surface area contributed by atoms with Crippen LogP contribution >= 0.6 is 0 Å². The summed E-state index contributed by atoms with van der Waals surface area (Å²) in [5.41, 5.74) is 0. The second-order valence-corrected chi connectivity index (χ2v) is 3.08. The van der Waals surface area contributed by atoms with Crippen LogP contribution in [0.25, 0.3) is 0 Å². The van der Waals surface area contributed by atoms with E-state index in [4.69, 9.17) is 0 Å². The van der Waals surface area contributed by atoms with Crippen molar-refractivity contribution in [3.05, 3.63) is 0 Å². The zero-order chi connectivity index (χ0) is 7.40. The molecule has 1 aliphatic carbocycles. The molecule has 0 amide bonds. The van der Waals surface area contributed by atoms with Gasteiger partial charge >= 0.3 is 0 Å². The molecule has 0 aromatic carbocycles. The maximum Gasteiger partial charge on any atom is 0.100 e. The summed E-state index contributed by atoms with van der Waals surface area (Å²) in [6.45, 7) is 0. The van der Waals surface area contributed by atoms with E-state index in [2.05, 4.69) is 0 Å². The van der Waals surface area contributed by atoms with Crippen molar-refractivity contribution in [2.75, 3.05) is 0 Å². The summed E-state index contributed by atoms with van der Waals surface area (Å²) in [5.74, 6) is 0. The molecule has 1 nitrogen and oxygen atoms in total. The first-order valence-corrected chi connectivity index (χ1v) is 4.09. The molecule has 2 unspecified atom stereocenters. The molecule has 1 rings (SSSR count). The Morgan fingerprint density at radius 3 is 2.50 bits per heavy atom. The van der Waals surface area contributed by atoms with Crippen LogP contribution in [-0.4, -0.2) is 12.3 Å². The molecule has 0 aliphatic heterocycles. The van der Waals surface area contributed by atoms with E-state index in [1.54, 1.807) is 0 Å². The van der Waals surface area contributed by atoms with E-state index in [9.17, 15) is 9.50 Å². The van der Waals surface area contributed by atoms with E-state index in [1.807, 2.05) is 0 Å². The Morgan fingerprint density at radius 2 is 1.70 bits per heavy atom. The van der Waals surface area contributed by atoms with Crippen LogP contribution in [0.3, 0.4) is 0 Å². The van der Waals surface area contributed by atoms with Crippen molar-refractivity contribution in [1.82, 2.24) is 0 Å². The van der Waals surface area contributed by atoms with Crippen molar-refractivity contribution in [3.8, 4) is 0 Å². The molecule has 1 aliphatic rings. The average molecular weight is 145 g/mol. The van der Waals surface area contributed by atoms with E-state index in [1.165, 1.54) is 0 Å². The first-order chi connectivity index (χ1) is 4.79. The van der Waals surface area contributed by atoms with Gasteiger partial charge in [0, 0.05) is 0 Å². The van der Waals surface area contributed by atoms with Gasteiger partial charge in [-0.3, -0.25) is 0 Å². The highest BCUT2D eigenvalue weighted by molar-refractivity contribution is 4.66. The molecular weight excluding hydrogens is 131 g/mol. The highest BCUT2D eigenvalue weighted by Crippen LogP contribution is 2.19. The highest BCUT2D eigenvalue weighted by Gasteiger charge is 2.14. The maximum atomic E-state index is 12.7. The number of hydrogen-bond acceptors (Lipinski definition) is 0. The SMILES string of the molecule is [O]C1CCCCC(F)CC1. The lowest BCUT2D eigenvalue weighted by Crippen LogP contribution is -2.12. The molecule has 2 heteroatoms. The fraction of sp³-hybridized carbons (Fsp3) is 1.00. The molecule has 10 heavy (non-hydrogen) atoms. The van der Waals surface area contributed by atoms with Crippen molar-refractivity contribution in [2.24, 2.45) is 0 Å². The van der Waals surface area contributed by atoms with Crippen LogP contribution in [0.2, 0.25) is 0 Å². The molecule has 0 bridgehead atoms. The van der Waals surface area contributed by atoms with E-state index in [0.29, 0.717) is 19.3 Å². The monoisotopic (exact) mass is 145 g/mol. The summed E-state index contributed by atoms with van der Waals surface area (Å²) in [4.78, 5) is 0. The molecule has 0 heterocycles. The quantitative estimate of drug-likeness (QED) is 0.499. The fourth-order valence-electron chi connectivity index (χ4n) is 1.39. The van der Waals surface area contributed by atoms with Gasteiger partial charge in [-0.05, 0) is 25.7 Å². The molecular formula is C8H14FO. The van der Waals surface area contributed by atoms with Gasteiger partial charge < -0.3 is 0 Å². The lowest BCUT2D eigenvalue weighted by atomic mass is 9.98. The predicted molar refractivity (Wildman–Crippen MR) is 37.1 cm³/mol. The zero-order valence-electron chi connectivity index (χ0n) is 6.18. The number of halogens is 1. The predicted octanol–water partition coefficient (Wildman–Crippen LogP) is 2.48. The molecule has 0 saturated heterocycles. The van der Waals surface area contributed by atoms with Crippen LogP contribution < -0.4 is 0 Å². The lowest BCUT2D eigenvalue weighted by molar-refractivity contribution is 0.0551. The molecule has 0 N–H and O–H groups in total. The summed E-state index contributed by atoms with van der Waals surface area (Å²) in [6, 6.07) is 0. The Balaban J connectivity index is 2.23. The van der Waals surface area contributed by atoms with Crippen LogP contribution in [-0.2, 0) is 5.11 Å². The summed E-state index contributed by atoms with van der Waals surface area (Å²) in [6.07, 6.45) is 3.11. The minimum atomic E-state index is -0.697. The minimum Gasteiger partial charge on any atom is -0.247 e. The standard InChI is InChI=1S/C8H14FO/c9-7-3-1-2-4-8(10)6-5-7/h7-8H,1-6H2. The Bertz CT molecular complexity index is 83.3. The summed E-state index contributed by atoms with van der Waals surface area (Å²) < 4.78 is 12.7. The third-order valence-electron chi connectivity index (χ3n) is 2.10. The zero-order valence-corrected chi connectivity index (χ0v) is 6.18. The highest BCUT2D eigenvalue weighted by atomic mass is 19.1. The summed E-state index contributed by atoms with van der Waals surface area (Å²) >= 11 is 0. The van der Waals surface area contributed by atoms with Gasteiger partial charge in [-0.25, -0.2) is 9.50 Å². The lowest BCUT2D eigenvalue weighted by Gasteiger charge is -2.14. The van der Waals surface area contributed by atoms with Crippen molar-refractivity contribution in [1.29, 1.82) is 0 Å². The van der Waals surface area contributed by atoms with Gasteiger partial charge in [0.25, 0.3) is 0 Å². The number of rotatable bonds is 0. The van der Waals surface area contributed by atoms with Crippen LogP contribution in [0.5, 0.6) is 0 Å². The molecule has 1 saturated carbocycles. The van der Waals surface area contributed by atoms with E-state index < -0.39 is 12.3 Å². The molecule has 0 aromatic heterocycles. The Kier molecular flexibility index (Phi) is 3.13. The summed E-state index contributed by atoms with van der Waals surface area (Å²) in [7, 11) is 0. The first-order valence-electron chi connectivity index (χ1n) is 4.09. The second-order valence-electron chi connectivity index (χ2n) is 3.08. The van der Waals surface area contributed by atoms with Gasteiger partial charge in [0.05, 0.1) is 6.10 Å². The van der Waals surface area contributed by atoms with Gasteiger partial charge in [-0.2, -0.15) is 0 Å². The van der Waals surface area contributed by atoms with Crippen LogP contribution in [0.1, 0.15) is 38.5 Å². The fourth-order valence-corrected chi connectivity index (χ4v) is 1.39. The smallest absolute Gasteiger partial charge is 0.100 e. The van der Waals surface area contributed by atoms with Gasteiger partial charge in [0.15, 0.2) is 0 Å². The van der Waals surface area contributed by atoms with Crippen molar-refractivity contribution >= 4 is 0 Å². The Hall–Kier alpha value is -0.110. The Labute approximate surface area is 61.2 Å². The first kappa shape index (κ1) is 7.99. The molecule has 1 radical (unpaired) electrons. The normalized spacial score (nSPS) is 36.6. The van der Waals surface area contributed by atoms with Gasteiger partial charge in [0.1, 0.15) is 6.17 Å². The second kappa shape index (κ2) is 3.91. The van der Waals surface area contributed by atoms with Gasteiger partial charge in [-0.1, -0.05) is 12.8 Å². The van der Waals surface area contributed by atoms with E-state index in [-0.39, 0.29) is 0 Å². The topological polar surface area (TPSA) is 19.9 Å². The van der Waals surface area contributed by atoms with Crippen LogP contribution in [0.15, 0.2) is 0 Å². The van der Waals surface area contributed by atoms with Gasteiger partial charge in [0.2, 0.25) is 0 Å². The number of hydrogen-bond donors (Lipinski definition) is 0. The number of alkyl halides is 1. The largest absolute Gasteiger partial charge is 0.247 e. The Morgan fingerprint density at radius 1 is 1.00 bits per heavy atom. The molecule has 1 fully saturated rings. The molecule has 0 spiro atoms. The third kappa shape index (κ3) is 2.65. The van der Waals surface area contributed by atoms with E-state index >= 15 is 0 Å². The minimum absolute atomic E-state index is 0.487. The van der Waals surface area contributed by atoms with Crippen molar-refractivity contribution in [2.45, 2.75) is 50.8 Å². The molecule has 2 atom stereocenters. The molecule has 59 valence electrons. The van der Waals surface area contributed by atoms with Crippen LogP contribution in [0, 0.1) is 0 Å². The third-order valence-corrected chi connectivity index (χ3v) is 2.10. The maximum absolute atomic E-state index is 12.7. The van der Waals surface area contributed by atoms with Crippen molar-refractivity contribution in [3.63, 3.8) is 0 Å². The molecule has 0 aromatic rings.